The highest BCUT2D eigenvalue weighted by Gasteiger charge is 2.26. The summed E-state index contributed by atoms with van der Waals surface area (Å²) in [6.45, 7) is -2.21. The van der Waals surface area contributed by atoms with Crippen LogP contribution in [-0.2, 0) is 7.05 Å². The van der Waals surface area contributed by atoms with Gasteiger partial charge in [-0.15, -0.1) is 0 Å². The van der Waals surface area contributed by atoms with Gasteiger partial charge in [-0.25, -0.2) is 9.37 Å². The van der Waals surface area contributed by atoms with Gasteiger partial charge in [0.2, 0.25) is 0 Å². The molecule has 0 spiro atoms. The van der Waals surface area contributed by atoms with Crippen molar-refractivity contribution in [1.82, 2.24) is 9.55 Å². The highest BCUT2D eigenvalue weighted by molar-refractivity contribution is 6.29. The molecule has 1 aromatic carbocycles. The number of benzene rings is 1. The number of rotatable bonds is 7. The summed E-state index contributed by atoms with van der Waals surface area (Å²) >= 11 is 6.07. The first-order valence-electron chi connectivity index (χ1n) is 13.0. The summed E-state index contributed by atoms with van der Waals surface area (Å²) in [5.41, 5.74) is 2.37. The number of aromatic nitrogens is 2. The molecule has 0 unspecified atom stereocenters. The maximum atomic E-state index is 13.1. The monoisotopic (exact) mass is 561 g/mol. The van der Waals surface area contributed by atoms with Crippen molar-refractivity contribution < 1.29 is 17.9 Å². The van der Waals surface area contributed by atoms with Crippen LogP contribution in [0, 0.1) is 23.1 Å². The van der Waals surface area contributed by atoms with Crippen molar-refractivity contribution in [3.05, 3.63) is 57.2 Å². The number of nitrogens with one attached hydrogen (secondary N) is 1. The third-order valence-electron chi connectivity index (χ3n) is 7.21. The predicted octanol–water partition coefficient (Wildman–Crippen LogP) is 6.48. The largest absolute Gasteiger partial charge is 0.432 e. The van der Waals surface area contributed by atoms with E-state index in [1.165, 1.54) is 48.8 Å². The van der Waals surface area contributed by atoms with E-state index in [0.717, 1.165) is 25.5 Å². The maximum absolute atomic E-state index is 13.1. The van der Waals surface area contributed by atoms with Crippen molar-refractivity contribution in [3.8, 4) is 11.8 Å². The quantitative estimate of drug-likeness (QED) is 0.333. The van der Waals surface area contributed by atoms with Gasteiger partial charge in [-0.05, 0) is 55.9 Å². The second-order valence-electron chi connectivity index (χ2n) is 9.95. The lowest BCUT2D eigenvalue weighted by atomic mass is 9.93. The van der Waals surface area contributed by atoms with Crippen LogP contribution in [0.1, 0.15) is 50.5 Å². The van der Waals surface area contributed by atoms with Crippen molar-refractivity contribution in [3.63, 3.8) is 0 Å². The third-order valence-corrected chi connectivity index (χ3v) is 7.42. The van der Waals surface area contributed by atoms with Crippen LogP contribution in [-0.4, -0.2) is 35.8 Å². The van der Waals surface area contributed by atoms with Gasteiger partial charge in [0, 0.05) is 38.4 Å². The van der Waals surface area contributed by atoms with Gasteiger partial charge in [-0.2, -0.15) is 14.0 Å². The zero-order valence-corrected chi connectivity index (χ0v) is 22.6. The molecule has 0 saturated heterocycles. The third kappa shape index (κ3) is 6.95. The van der Waals surface area contributed by atoms with Crippen LogP contribution in [0.2, 0.25) is 5.15 Å². The standard InChI is InChI=1S/C17H19ClN4O.C11H12F3NO/c1-21(11-6-4-3-5-7-11)16-12(10-19)17(23)22(2)13-8-9-14(18)20-15(13)16;12-9-4-3-8(15-6-7-1-2-7)5-10(9)16-11(13)14/h8-9,11H,3-7H2,1-2H3;3-5,7,11,15H,1-2,6H2. The molecular formula is C28H31ClF3N5O2. The maximum Gasteiger partial charge on any atom is 0.387 e. The van der Waals surface area contributed by atoms with Gasteiger partial charge < -0.3 is 19.5 Å². The SMILES string of the molecule is CN(c1c(C#N)c(=O)n(C)c2ccc(Cl)nc12)C1CCCCC1.Fc1ccc(NCC2CC2)cc1OC(F)F. The van der Waals surface area contributed by atoms with Gasteiger partial charge in [-0.3, -0.25) is 4.79 Å². The topological polar surface area (TPSA) is 83.2 Å². The Hall–Kier alpha value is -3.45. The summed E-state index contributed by atoms with van der Waals surface area (Å²) in [5.74, 6) is -0.544. The summed E-state index contributed by atoms with van der Waals surface area (Å²) < 4.78 is 42.5. The number of hydrogen-bond acceptors (Lipinski definition) is 6. The van der Waals surface area contributed by atoms with E-state index in [1.54, 1.807) is 19.2 Å². The number of anilines is 2. The molecule has 0 bridgehead atoms. The van der Waals surface area contributed by atoms with Crippen molar-refractivity contribution in [1.29, 1.82) is 5.26 Å². The molecule has 2 fully saturated rings. The second-order valence-corrected chi connectivity index (χ2v) is 10.3. The molecule has 0 aliphatic heterocycles. The van der Waals surface area contributed by atoms with Crippen LogP contribution in [0.3, 0.4) is 0 Å². The predicted molar refractivity (Wildman–Crippen MR) is 146 cm³/mol. The molecule has 3 aromatic rings. The summed E-state index contributed by atoms with van der Waals surface area (Å²) in [5, 5.41) is 13.0. The lowest BCUT2D eigenvalue weighted by Gasteiger charge is -2.33. The first-order chi connectivity index (χ1) is 18.7. The van der Waals surface area contributed by atoms with Crippen molar-refractivity contribution in [2.45, 2.75) is 57.6 Å². The van der Waals surface area contributed by atoms with Crippen LogP contribution < -0.4 is 20.5 Å². The van der Waals surface area contributed by atoms with Gasteiger partial charge in [0.05, 0.1) is 11.2 Å². The number of hydrogen-bond donors (Lipinski definition) is 1. The molecule has 0 amide bonds. The van der Waals surface area contributed by atoms with Crippen LogP contribution in [0.5, 0.6) is 5.75 Å². The Labute approximate surface area is 230 Å². The van der Waals surface area contributed by atoms with E-state index in [4.69, 9.17) is 11.6 Å². The smallest absolute Gasteiger partial charge is 0.387 e. The van der Waals surface area contributed by atoms with Crippen LogP contribution in [0.4, 0.5) is 24.5 Å². The highest BCUT2D eigenvalue weighted by atomic mass is 35.5. The molecule has 7 nitrogen and oxygen atoms in total. The molecule has 2 aliphatic rings. The van der Waals surface area contributed by atoms with Crippen LogP contribution in [0.15, 0.2) is 35.1 Å². The Kier molecular flexibility index (Phi) is 9.23. The Morgan fingerprint density at radius 1 is 1.21 bits per heavy atom. The Balaban J connectivity index is 0.000000193. The summed E-state index contributed by atoms with van der Waals surface area (Å²) in [7, 11) is 3.61. The number of pyridine rings is 2. The lowest BCUT2D eigenvalue weighted by molar-refractivity contribution is -0.0521. The highest BCUT2D eigenvalue weighted by Crippen LogP contribution is 2.33. The van der Waals surface area contributed by atoms with Crippen LogP contribution in [0.25, 0.3) is 11.0 Å². The first-order valence-corrected chi connectivity index (χ1v) is 13.4. The minimum Gasteiger partial charge on any atom is -0.432 e. The zero-order chi connectivity index (χ0) is 28.1. The molecule has 0 radical (unpaired) electrons. The van der Waals surface area contributed by atoms with Gasteiger partial charge in [-0.1, -0.05) is 30.9 Å². The average Bonchev–Trinajstić information content (AvgIpc) is 3.76. The van der Waals surface area contributed by atoms with Crippen molar-refractivity contribution >= 4 is 34.0 Å². The van der Waals surface area contributed by atoms with Crippen LogP contribution >= 0.6 is 11.6 Å². The molecule has 0 atom stereocenters. The van der Waals surface area contributed by atoms with Gasteiger partial charge >= 0.3 is 6.61 Å². The average molecular weight is 562 g/mol. The fourth-order valence-electron chi connectivity index (χ4n) is 4.85. The molecule has 5 rings (SSSR count). The number of aryl methyl sites for hydroxylation is 1. The van der Waals surface area contributed by atoms with Gasteiger partial charge in [0.25, 0.3) is 5.56 Å². The van der Waals surface area contributed by atoms with E-state index in [-0.39, 0.29) is 11.1 Å². The number of nitrogens with zero attached hydrogens (tertiary/aromatic N) is 4. The van der Waals surface area contributed by atoms with E-state index < -0.39 is 18.2 Å². The van der Waals surface area contributed by atoms with Crippen molar-refractivity contribution in [2.75, 3.05) is 23.8 Å². The second kappa shape index (κ2) is 12.6. The van der Waals surface area contributed by atoms with Crippen molar-refractivity contribution in [2.24, 2.45) is 13.0 Å². The fraction of sp³-hybridized carbons (Fsp3) is 0.464. The van der Waals surface area contributed by atoms with Gasteiger partial charge in [0.1, 0.15) is 22.3 Å². The molecule has 1 N–H and O–H groups in total. The van der Waals surface area contributed by atoms with E-state index in [9.17, 15) is 23.2 Å². The Morgan fingerprint density at radius 2 is 1.92 bits per heavy atom. The first kappa shape index (κ1) is 28.6. The molecule has 2 aliphatic carbocycles. The summed E-state index contributed by atoms with van der Waals surface area (Å²) in [6.07, 6.45) is 8.11. The van der Waals surface area contributed by atoms with E-state index >= 15 is 0 Å². The van der Waals surface area contributed by atoms with E-state index in [2.05, 4.69) is 26.0 Å². The number of nitriles is 1. The minimum absolute atomic E-state index is 0.142. The molecule has 2 saturated carbocycles. The minimum atomic E-state index is -3.01. The van der Waals surface area contributed by atoms with E-state index in [1.807, 2.05) is 7.05 Å². The number of ether oxygens (including phenoxy) is 1. The zero-order valence-electron chi connectivity index (χ0n) is 21.9. The molecule has 2 aromatic heterocycles. The Morgan fingerprint density at radius 3 is 2.56 bits per heavy atom. The molecule has 208 valence electrons. The number of halogens is 4. The van der Waals surface area contributed by atoms with Gasteiger partial charge in [0.15, 0.2) is 11.6 Å². The lowest BCUT2D eigenvalue weighted by Crippen LogP contribution is -2.36. The molecular weight excluding hydrogens is 531 g/mol. The normalized spacial score (nSPS) is 15.4. The number of alkyl halides is 2. The van der Waals surface area contributed by atoms with E-state index in [0.29, 0.717) is 39.5 Å². The molecule has 39 heavy (non-hydrogen) atoms. The molecule has 11 heteroatoms. The summed E-state index contributed by atoms with van der Waals surface area (Å²) in [4.78, 5) is 19.0. The molecule has 2 heterocycles. The summed E-state index contributed by atoms with van der Waals surface area (Å²) in [6, 6.07) is 9.74. The Bertz CT molecular complexity index is 1420. The number of fused-ring (bicyclic) bond motifs is 1. The fourth-order valence-corrected chi connectivity index (χ4v) is 5.00.